The van der Waals surface area contributed by atoms with Crippen LogP contribution < -0.4 is 10.1 Å². The van der Waals surface area contributed by atoms with E-state index in [1.165, 1.54) is 63.4 Å². The molecular weight excluding hydrogens is 625 g/mol. The topological polar surface area (TPSA) is 132 Å². The van der Waals surface area contributed by atoms with E-state index in [0.717, 1.165) is 45.8 Å². The summed E-state index contributed by atoms with van der Waals surface area (Å²) in [6.45, 7) is 2.97. The van der Waals surface area contributed by atoms with Gasteiger partial charge < -0.3 is 15.2 Å². The summed E-state index contributed by atoms with van der Waals surface area (Å²) in [4.78, 5) is 31.4. The monoisotopic (exact) mass is 660 g/mol. The second-order valence-electron chi connectivity index (χ2n) is 14.0. The number of carbonyl (C=O) groups is 1. The second kappa shape index (κ2) is 11.1. The number of nitrogens with zero attached hydrogens (tertiary/aromatic N) is 7. The van der Waals surface area contributed by atoms with Gasteiger partial charge in [-0.3, -0.25) is 9.08 Å². The number of carboxylic acids is 1. The smallest absolute Gasteiger partial charge is 0.340 e. The van der Waals surface area contributed by atoms with Crippen molar-refractivity contribution in [2.24, 2.45) is 23.2 Å². The minimum absolute atomic E-state index is 0.132. The van der Waals surface area contributed by atoms with Crippen LogP contribution in [0.2, 0.25) is 0 Å². The van der Waals surface area contributed by atoms with E-state index < -0.39 is 5.97 Å². The van der Waals surface area contributed by atoms with E-state index in [4.69, 9.17) is 14.8 Å². The summed E-state index contributed by atoms with van der Waals surface area (Å²) in [5, 5.41) is 19.3. The van der Waals surface area contributed by atoms with Gasteiger partial charge in [0.05, 0.1) is 41.6 Å². The molecule has 2 N–H and O–H groups in total. The first-order valence-corrected chi connectivity index (χ1v) is 17.5. The van der Waals surface area contributed by atoms with E-state index in [2.05, 4.69) is 31.9 Å². The quantitative estimate of drug-likeness (QED) is 0.169. The number of pyridine rings is 1. The number of imidazole rings is 1. The summed E-state index contributed by atoms with van der Waals surface area (Å²) in [6.07, 6.45) is 16.4. The average molecular weight is 661 g/mol. The third-order valence-corrected chi connectivity index (χ3v) is 11.9. The number of aromatic nitrogens is 7. The summed E-state index contributed by atoms with van der Waals surface area (Å²) in [6, 6.07) is 9.76. The van der Waals surface area contributed by atoms with Crippen LogP contribution in [-0.2, 0) is 6.54 Å². The fraction of sp³-hybridized carbons (Fsp3) is 0.389. The number of nitrogens with one attached hydrogen (secondary N) is 1. The van der Waals surface area contributed by atoms with Gasteiger partial charge in [-0.05, 0) is 80.4 Å². The van der Waals surface area contributed by atoms with Crippen molar-refractivity contribution in [2.75, 3.05) is 12.4 Å². The van der Waals surface area contributed by atoms with Crippen molar-refractivity contribution in [3.8, 4) is 28.4 Å². The Morgan fingerprint density at radius 1 is 1.02 bits per heavy atom. The van der Waals surface area contributed by atoms with E-state index >= 15 is 0 Å². The van der Waals surface area contributed by atoms with Gasteiger partial charge in [0.2, 0.25) is 0 Å². The Balaban J connectivity index is 1.04. The third-order valence-electron chi connectivity index (χ3n) is 11.0. The number of hydrogen-bond donors (Lipinski definition) is 2. The number of aromatic carboxylic acids is 1. The maximum atomic E-state index is 12.9. The number of para-hydroxylation sites is 1. The largest absolute Gasteiger partial charge is 0.478 e. The number of carboxylic acid groups (broad SMARTS) is 1. The third kappa shape index (κ3) is 4.84. The molecule has 0 amide bonds. The van der Waals surface area contributed by atoms with Crippen molar-refractivity contribution in [1.82, 2.24) is 34.1 Å². The molecule has 4 saturated carbocycles. The van der Waals surface area contributed by atoms with Crippen LogP contribution in [0.25, 0.3) is 38.4 Å². The SMILES string of the molecule is COc1nc(-c2cnc3c(C(=O)O)c(-c4cnn(CC56CC7CCC(CC(C7)C5)C6)c4C)ccn23)cnc1Nc1nc2ccccc2s1. The number of benzene rings is 1. The normalized spacial score (nSPS) is 23.2. The van der Waals surface area contributed by atoms with Gasteiger partial charge in [0, 0.05) is 29.6 Å². The van der Waals surface area contributed by atoms with Crippen LogP contribution in [0.15, 0.2) is 55.1 Å². The van der Waals surface area contributed by atoms with Gasteiger partial charge in [-0.2, -0.15) is 5.10 Å². The summed E-state index contributed by atoms with van der Waals surface area (Å²) in [7, 11) is 1.54. The van der Waals surface area contributed by atoms with Crippen molar-refractivity contribution in [1.29, 1.82) is 0 Å². The molecule has 12 heteroatoms. The molecule has 2 unspecified atom stereocenters. The van der Waals surface area contributed by atoms with Crippen molar-refractivity contribution >= 4 is 44.1 Å². The fourth-order valence-electron chi connectivity index (χ4n) is 9.18. The highest BCUT2D eigenvalue weighted by Gasteiger charge is 2.48. The summed E-state index contributed by atoms with van der Waals surface area (Å²) in [5.41, 5.74) is 5.19. The van der Waals surface area contributed by atoms with Gasteiger partial charge in [-0.25, -0.2) is 24.7 Å². The van der Waals surface area contributed by atoms with Crippen LogP contribution in [0, 0.1) is 30.1 Å². The van der Waals surface area contributed by atoms with Crippen LogP contribution in [-0.4, -0.2) is 52.3 Å². The minimum Gasteiger partial charge on any atom is -0.478 e. The summed E-state index contributed by atoms with van der Waals surface area (Å²) in [5.74, 6) is 2.22. The van der Waals surface area contributed by atoms with E-state index in [-0.39, 0.29) is 11.4 Å². The molecule has 48 heavy (non-hydrogen) atoms. The molecule has 0 saturated heterocycles. The molecule has 0 aliphatic heterocycles. The fourth-order valence-corrected chi connectivity index (χ4v) is 10.0. The highest BCUT2D eigenvalue weighted by atomic mass is 32.1. The van der Waals surface area contributed by atoms with E-state index in [9.17, 15) is 9.90 Å². The predicted octanol–water partition coefficient (Wildman–Crippen LogP) is 7.63. The van der Waals surface area contributed by atoms with Gasteiger partial charge in [0.25, 0.3) is 5.88 Å². The van der Waals surface area contributed by atoms with Crippen molar-refractivity contribution in [2.45, 2.75) is 58.4 Å². The summed E-state index contributed by atoms with van der Waals surface area (Å²) >= 11 is 1.51. The zero-order valence-corrected chi connectivity index (χ0v) is 27.7. The van der Waals surface area contributed by atoms with Gasteiger partial charge in [-0.1, -0.05) is 36.3 Å². The van der Waals surface area contributed by atoms with Crippen LogP contribution in [0.3, 0.4) is 0 Å². The Bertz CT molecular complexity index is 2170. The molecule has 4 bridgehead atoms. The van der Waals surface area contributed by atoms with E-state index in [1.54, 1.807) is 16.8 Å². The van der Waals surface area contributed by atoms with Crippen molar-refractivity contribution in [3.05, 3.63) is 66.4 Å². The van der Waals surface area contributed by atoms with Crippen LogP contribution in [0.5, 0.6) is 5.88 Å². The molecule has 0 spiro atoms. The molecular formula is C36H36N8O3S. The maximum Gasteiger partial charge on any atom is 0.340 e. The first kappa shape index (κ1) is 29.3. The van der Waals surface area contributed by atoms with Crippen LogP contribution in [0.1, 0.15) is 61.0 Å². The first-order valence-electron chi connectivity index (χ1n) is 16.7. The standard InChI is InChI=1S/C36H36N8O3S/c1-20-25(16-39-44(20)19-36-13-21-7-8-22(14-36)12-23(11-21)15-36)24-9-10-43-28(18-38-32(43)30(24)34(45)46)27-17-37-31(33(40-27)47-2)42-35-41-26-5-3-4-6-29(26)48-35/h3-6,9-10,16-18,21-23H,7-8,11-15,19H2,1-2H3,(H,45,46)(H,37,41,42). The van der Waals surface area contributed by atoms with Crippen molar-refractivity contribution < 1.29 is 14.6 Å². The average Bonchev–Trinajstić information content (AvgIpc) is 3.75. The van der Waals surface area contributed by atoms with Crippen LogP contribution >= 0.6 is 11.3 Å². The van der Waals surface area contributed by atoms with Crippen molar-refractivity contribution in [3.63, 3.8) is 0 Å². The molecule has 2 atom stereocenters. The Labute approximate surface area is 281 Å². The number of methoxy groups -OCH3 is 1. The number of fused-ring (bicyclic) bond motifs is 3. The zero-order valence-electron chi connectivity index (χ0n) is 26.9. The minimum atomic E-state index is -1.04. The Morgan fingerprint density at radius 2 is 1.81 bits per heavy atom. The molecule has 10 rings (SSSR count). The lowest BCUT2D eigenvalue weighted by atomic mass is 9.58. The highest BCUT2D eigenvalue weighted by molar-refractivity contribution is 7.22. The molecule has 5 aromatic heterocycles. The lowest BCUT2D eigenvalue weighted by Gasteiger charge is -2.48. The number of thiazole rings is 1. The predicted molar refractivity (Wildman–Crippen MR) is 184 cm³/mol. The molecule has 4 aliphatic carbocycles. The van der Waals surface area contributed by atoms with Gasteiger partial charge in [0.15, 0.2) is 16.6 Å². The first-order chi connectivity index (χ1) is 23.4. The molecule has 4 fully saturated rings. The number of anilines is 2. The molecule has 6 aromatic rings. The molecule has 11 nitrogen and oxygen atoms in total. The second-order valence-corrected chi connectivity index (χ2v) is 15.1. The van der Waals surface area contributed by atoms with Gasteiger partial charge in [-0.15, -0.1) is 0 Å². The Kier molecular flexibility index (Phi) is 6.79. The Hall–Kier alpha value is -4.84. The number of rotatable bonds is 8. The van der Waals surface area contributed by atoms with E-state index in [0.29, 0.717) is 39.0 Å². The molecule has 1 aromatic carbocycles. The molecule has 0 radical (unpaired) electrons. The number of ether oxygens (including phenoxy) is 1. The molecule has 5 heterocycles. The Morgan fingerprint density at radius 3 is 2.58 bits per heavy atom. The lowest BCUT2D eigenvalue weighted by molar-refractivity contribution is 0.0169. The van der Waals surface area contributed by atoms with E-state index in [1.807, 2.05) is 42.7 Å². The summed E-state index contributed by atoms with van der Waals surface area (Å²) < 4.78 is 10.5. The zero-order chi connectivity index (χ0) is 32.6. The van der Waals surface area contributed by atoms with Gasteiger partial charge >= 0.3 is 5.97 Å². The number of hydrogen-bond acceptors (Lipinski definition) is 9. The molecule has 4 aliphatic rings. The maximum absolute atomic E-state index is 12.9. The van der Waals surface area contributed by atoms with Crippen LogP contribution in [0.4, 0.5) is 10.9 Å². The molecule has 244 valence electrons. The van der Waals surface area contributed by atoms with Gasteiger partial charge in [0.1, 0.15) is 11.3 Å². The lowest BCUT2D eigenvalue weighted by Crippen LogP contribution is -2.40. The highest BCUT2D eigenvalue weighted by Crippen LogP contribution is 2.58.